The van der Waals surface area contributed by atoms with Crippen LogP contribution in [0.3, 0.4) is 0 Å². The van der Waals surface area contributed by atoms with Crippen molar-refractivity contribution in [2.24, 2.45) is 0 Å². The summed E-state index contributed by atoms with van der Waals surface area (Å²) in [6, 6.07) is 7.54. The van der Waals surface area contributed by atoms with E-state index in [9.17, 15) is 8.42 Å². The molecule has 0 aliphatic carbocycles. The van der Waals surface area contributed by atoms with Crippen molar-refractivity contribution in [2.45, 2.75) is 38.0 Å². The summed E-state index contributed by atoms with van der Waals surface area (Å²) >= 11 is 5.98. The molecule has 0 aliphatic rings. The Morgan fingerprint density at radius 1 is 1.26 bits per heavy atom. The Hall–Kier alpha value is -0.580. The first kappa shape index (κ1) is 16.5. The maximum atomic E-state index is 12.0. The number of sulfone groups is 1. The van der Waals surface area contributed by atoms with Gasteiger partial charge in [0.2, 0.25) is 0 Å². The van der Waals surface area contributed by atoms with Gasteiger partial charge in [-0.3, -0.25) is 0 Å². The highest BCUT2D eigenvalue weighted by Crippen LogP contribution is 2.18. The largest absolute Gasteiger partial charge is 0.317 e. The minimum atomic E-state index is -3.07. The van der Waals surface area contributed by atoms with Crippen LogP contribution in [0, 0.1) is 0 Å². The average molecular weight is 304 g/mol. The zero-order valence-corrected chi connectivity index (χ0v) is 13.1. The van der Waals surface area contributed by atoms with Crippen molar-refractivity contribution < 1.29 is 8.42 Å². The van der Waals surface area contributed by atoms with Crippen molar-refractivity contribution in [3.63, 3.8) is 0 Å². The van der Waals surface area contributed by atoms with E-state index in [0.717, 1.165) is 12.8 Å². The Balaban J connectivity index is 2.43. The summed E-state index contributed by atoms with van der Waals surface area (Å²) in [5, 5.41) is 3.67. The molecule has 1 unspecified atom stereocenters. The number of hydrogen-bond donors (Lipinski definition) is 1. The summed E-state index contributed by atoms with van der Waals surface area (Å²) in [6.07, 6.45) is 2.63. The first-order chi connectivity index (χ1) is 8.94. The number of rotatable bonds is 8. The number of halogens is 1. The van der Waals surface area contributed by atoms with Gasteiger partial charge in [-0.05, 0) is 38.4 Å². The third-order valence-corrected chi connectivity index (χ3v) is 5.20. The highest BCUT2D eigenvalue weighted by Gasteiger charge is 2.13. The minimum Gasteiger partial charge on any atom is -0.317 e. The number of nitrogens with one attached hydrogen (secondary N) is 1. The Bertz CT molecular complexity index is 488. The van der Waals surface area contributed by atoms with E-state index in [1.54, 1.807) is 18.2 Å². The molecule has 19 heavy (non-hydrogen) atoms. The molecule has 0 heterocycles. The lowest BCUT2D eigenvalue weighted by Gasteiger charge is -2.10. The van der Waals surface area contributed by atoms with Crippen LogP contribution in [0.2, 0.25) is 5.02 Å². The molecular formula is C14H22ClNO2S. The molecule has 0 aromatic heterocycles. The van der Waals surface area contributed by atoms with E-state index in [-0.39, 0.29) is 11.5 Å². The number of hydrogen-bond acceptors (Lipinski definition) is 3. The first-order valence-electron chi connectivity index (χ1n) is 6.55. The fourth-order valence-corrected chi connectivity index (χ4v) is 3.64. The summed E-state index contributed by atoms with van der Waals surface area (Å²) in [5.41, 5.74) is 0.688. The molecule has 1 aromatic rings. The monoisotopic (exact) mass is 303 g/mol. The van der Waals surface area contributed by atoms with Gasteiger partial charge in [-0.1, -0.05) is 36.2 Å². The summed E-state index contributed by atoms with van der Waals surface area (Å²) in [7, 11) is -1.15. The summed E-state index contributed by atoms with van der Waals surface area (Å²) < 4.78 is 24.0. The zero-order chi connectivity index (χ0) is 14.3. The standard InChI is InChI=1S/C14H22ClNO2S/c1-12(16-2)7-5-6-10-19(17,18)11-13-8-3-4-9-14(13)15/h3-4,8-9,12,16H,5-7,10-11H2,1-2H3. The van der Waals surface area contributed by atoms with Crippen molar-refractivity contribution in [2.75, 3.05) is 12.8 Å². The van der Waals surface area contributed by atoms with Gasteiger partial charge in [-0.2, -0.15) is 0 Å². The van der Waals surface area contributed by atoms with E-state index in [2.05, 4.69) is 12.2 Å². The fraction of sp³-hybridized carbons (Fsp3) is 0.571. The van der Waals surface area contributed by atoms with Crippen LogP contribution in [-0.4, -0.2) is 27.3 Å². The molecule has 0 spiro atoms. The predicted molar refractivity (Wildman–Crippen MR) is 81.3 cm³/mol. The van der Waals surface area contributed by atoms with Crippen molar-refractivity contribution in [1.82, 2.24) is 5.32 Å². The normalized spacial score (nSPS) is 13.4. The third-order valence-electron chi connectivity index (χ3n) is 3.17. The fourth-order valence-electron chi connectivity index (χ4n) is 1.84. The molecule has 0 saturated heterocycles. The highest BCUT2D eigenvalue weighted by molar-refractivity contribution is 7.90. The van der Waals surface area contributed by atoms with Gasteiger partial charge in [0.25, 0.3) is 0 Å². The van der Waals surface area contributed by atoms with Gasteiger partial charge in [0.15, 0.2) is 9.84 Å². The Morgan fingerprint density at radius 2 is 1.95 bits per heavy atom. The van der Waals surface area contributed by atoms with E-state index in [1.165, 1.54) is 0 Å². The SMILES string of the molecule is CNC(C)CCCCS(=O)(=O)Cc1ccccc1Cl. The smallest absolute Gasteiger partial charge is 0.154 e. The molecular weight excluding hydrogens is 282 g/mol. The quantitative estimate of drug-likeness (QED) is 0.751. The van der Waals surface area contributed by atoms with Crippen molar-refractivity contribution in [1.29, 1.82) is 0 Å². The minimum absolute atomic E-state index is 0.0360. The van der Waals surface area contributed by atoms with Crippen LogP contribution in [0.25, 0.3) is 0 Å². The second-order valence-corrected chi connectivity index (χ2v) is 7.46. The lowest BCUT2D eigenvalue weighted by atomic mass is 10.1. The number of unbranched alkanes of at least 4 members (excludes halogenated alkanes) is 1. The summed E-state index contributed by atoms with van der Waals surface area (Å²) in [5.74, 6) is 0.267. The van der Waals surface area contributed by atoms with Crippen LogP contribution in [-0.2, 0) is 15.6 Å². The van der Waals surface area contributed by atoms with E-state index in [4.69, 9.17) is 11.6 Å². The molecule has 0 radical (unpaired) electrons. The molecule has 0 saturated carbocycles. The van der Waals surface area contributed by atoms with E-state index in [0.29, 0.717) is 23.0 Å². The third kappa shape index (κ3) is 6.41. The molecule has 0 amide bonds. The van der Waals surface area contributed by atoms with Gasteiger partial charge >= 0.3 is 0 Å². The Labute approximate surface area is 121 Å². The molecule has 1 aromatic carbocycles. The van der Waals surface area contributed by atoms with Crippen molar-refractivity contribution in [3.8, 4) is 0 Å². The second-order valence-electron chi connectivity index (χ2n) is 4.87. The Morgan fingerprint density at radius 3 is 2.58 bits per heavy atom. The van der Waals surface area contributed by atoms with E-state index < -0.39 is 9.84 Å². The lowest BCUT2D eigenvalue weighted by Crippen LogP contribution is -2.21. The van der Waals surface area contributed by atoms with Crippen LogP contribution >= 0.6 is 11.6 Å². The maximum absolute atomic E-state index is 12.0. The molecule has 108 valence electrons. The molecule has 0 bridgehead atoms. The van der Waals surface area contributed by atoms with Crippen LogP contribution < -0.4 is 5.32 Å². The van der Waals surface area contributed by atoms with Gasteiger partial charge in [-0.25, -0.2) is 8.42 Å². The van der Waals surface area contributed by atoms with E-state index >= 15 is 0 Å². The topological polar surface area (TPSA) is 46.2 Å². The molecule has 1 atom stereocenters. The second kappa shape index (κ2) is 7.88. The predicted octanol–water partition coefficient (Wildman–Crippen LogP) is 3.03. The zero-order valence-electron chi connectivity index (χ0n) is 11.5. The van der Waals surface area contributed by atoms with Crippen LogP contribution in [0.15, 0.2) is 24.3 Å². The average Bonchev–Trinajstić information content (AvgIpc) is 2.37. The Kier molecular flexibility index (Phi) is 6.83. The molecule has 1 rings (SSSR count). The first-order valence-corrected chi connectivity index (χ1v) is 8.75. The number of benzene rings is 1. The maximum Gasteiger partial charge on any atom is 0.154 e. The van der Waals surface area contributed by atoms with Gasteiger partial charge in [0.05, 0.1) is 11.5 Å². The van der Waals surface area contributed by atoms with Gasteiger partial charge < -0.3 is 5.32 Å². The van der Waals surface area contributed by atoms with Gasteiger partial charge in [0.1, 0.15) is 0 Å². The highest BCUT2D eigenvalue weighted by atomic mass is 35.5. The molecule has 3 nitrogen and oxygen atoms in total. The van der Waals surface area contributed by atoms with Crippen LogP contribution in [0.1, 0.15) is 31.7 Å². The van der Waals surface area contributed by atoms with Gasteiger partial charge in [0, 0.05) is 11.1 Å². The lowest BCUT2D eigenvalue weighted by molar-refractivity contribution is 0.533. The van der Waals surface area contributed by atoms with Crippen LogP contribution in [0.4, 0.5) is 0 Å². The van der Waals surface area contributed by atoms with Gasteiger partial charge in [-0.15, -0.1) is 0 Å². The van der Waals surface area contributed by atoms with Crippen molar-refractivity contribution >= 4 is 21.4 Å². The van der Waals surface area contributed by atoms with E-state index in [1.807, 2.05) is 13.1 Å². The van der Waals surface area contributed by atoms with Crippen LogP contribution in [0.5, 0.6) is 0 Å². The molecule has 5 heteroatoms. The molecule has 0 aliphatic heterocycles. The molecule has 1 N–H and O–H groups in total. The summed E-state index contributed by atoms with van der Waals surface area (Å²) in [6.45, 7) is 2.10. The molecule has 0 fully saturated rings. The van der Waals surface area contributed by atoms with Crippen molar-refractivity contribution in [3.05, 3.63) is 34.9 Å². The summed E-state index contributed by atoms with van der Waals surface area (Å²) in [4.78, 5) is 0.